The number of hydrogen-bond donors (Lipinski definition) is 1. The van der Waals surface area contributed by atoms with Crippen molar-refractivity contribution in [1.29, 1.82) is 0 Å². The van der Waals surface area contributed by atoms with Gasteiger partial charge in [0.05, 0.1) is 13.0 Å². The van der Waals surface area contributed by atoms with Gasteiger partial charge in [0.2, 0.25) is 11.8 Å². The van der Waals surface area contributed by atoms with Crippen LogP contribution in [0.1, 0.15) is 31.7 Å². The number of carbonyl (C=O) groups is 3. The average molecular weight is 344 g/mol. The molecule has 0 radical (unpaired) electrons. The Kier molecular flexibility index (Phi) is 7.19. The van der Waals surface area contributed by atoms with Crippen molar-refractivity contribution in [2.75, 3.05) is 19.7 Å². The van der Waals surface area contributed by atoms with Crippen molar-refractivity contribution in [2.24, 2.45) is 0 Å². The van der Waals surface area contributed by atoms with E-state index >= 15 is 0 Å². The smallest absolute Gasteiger partial charge is 0.308 e. The van der Waals surface area contributed by atoms with Crippen LogP contribution in [0.15, 0.2) is 36.4 Å². The van der Waals surface area contributed by atoms with Crippen LogP contribution in [0.2, 0.25) is 0 Å². The van der Waals surface area contributed by atoms with Crippen molar-refractivity contribution >= 4 is 23.9 Å². The number of nitrogens with one attached hydrogen (secondary N) is 1. The molecule has 0 aliphatic carbocycles. The number of hydrogen-bond acceptors (Lipinski definition) is 4. The van der Waals surface area contributed by atoms with E-state index in [1.54, 1.807) is 6.08 Å². The van der Waals surface area contributed by atoms with Crippen LogP contribution in [-0.2, 0) is 19.1 Å². The van der Waals surface area contributed by atoms with E-state index < -0.39 is 12.0 Å². The second-order valence-corrected chi connectivity index (χ2v) is 5.86. The number of ether oxygens (including phenoxy) is 1. The van der Waals surface area contributed by atoms with Crippen molar-refractivity contribution in [3.05, 3.63) is 42.0 Å². The molecular weight excluding hydrogens is 320 g/mol. The molecule has 1 N–H and O–H groups in total. The summed E-state index contributed by atoms with van der Waals surface area (Å²) in [6, 6.07) is 8.61. The van der Waals surface area contributed by atoms with Gasteiger partial charge < -0.3 is 15.0 Å². The normalized spacial score (nSPS) is 17.4. The lowest BCUT2D eigenvalue weighted by molar-refractivity contribution is -0.150. The van der Waals surface area contributed by atoms with Gasteiger partial charge in [-0.2, -0.15) is 0 Å². The maximum atomic E-state index is 12.5. The number of nitrogens with zero attached hydrogens (tertiary/aromatic N) is 1. The first-order chi connectivity index (χ1) is 12.1. The van der Waals surface area contributed by atoms with E-state index in [0.29, 0.717) is 19.7 Å². The van der Waals surface area contributed by atoms with Gasteiger partial charge in [-0.05, 0) is 18.1 Å². The lowest BCUT2D eigenvalue weighted by atomic mass is 10.1. The van der Waals surface area contributed by atoms with E-state index in [2.05, 4.69) is 5.32 Å². The zero-order valence-corrected chi connectivity index (χ0v) is 14.4. The van der Waals surface area contributed by atoms with Gasteiger partial charge in [0, 0.05) is 19.2 Å². The standard InChI is InChI=1S/C19H24N2O4/c1-2-3-13-25-18(23)14-16-19(24)20-11-12-21(16)17(22)10-9-15-7-5-4-6-8-15/h4-10,16H,2-3,11-14H2,1H3,(H,20,24). The van der Waals surface area contributed by atoms with Gasteiger partial charge in [-0.25, -0.2) is 0 Å². The number of benzene rings is 1. The number of esters is 1. The summed E-state index contributed by atoms with van der Waals surface area (Å²) in [6.45, 7) is 3.09. The number of rotatable bonds is 7. The third-order valence-electron chi connectivity index (χ3n) is 3.95. The van der Waals surface area contributed by atoms with Gasteiger partial charge >= 0.3 is 5.97 Å². The molecule has 1 saturated heterocycles. The summed E-state index contributed by atoms with van der Waals surface area (Å²) >= 11 is 0. The van der Waals surface area contributed by atoms with Crippen molar-refractivity contribution in [3.8, 4) is 0 Å². The summed E-state index contributed by atoms with van der Waals surface area (Å²) in [6.07, 6.45) is 4.71. The molecule has 1 atom stereocenters. The van der Waals surface area contributed by atoms with Gasteiger partial charge in [0.25, 0.3) is 0 Å². The molecule has 1 aromatic rings. The van der Waals surface area contributed by atoms with Gasteiger partial charge in [-0.3, -0.25) is 14.4 Å². The lowest BCUT2D eigenvalue weighted by Gasteiger charge is -2.33. The Morgan fingerprint density at radius 3 is 2.80 bits per heavy atom. The molecule has 6 nitrogen and oxygen atoms in total. The molecule has 0 bridgehead atoms. The molecule has 1 aromatic carbocycles. The third kappa shape index (κ3) is 5.74. The Balaban J connectivity index is 2.00. The van der Waals surface area contributed by atoms with Gasteiger partial charge in [-0.15, -0.1) is 0 Å². The minimum atomic E-state index is -0.823. The number of unbranched alkanes of at least 4 members (excludes halogenated alkanes) is 1. The molecule has 25 heavy (non-hydrogen) atoms. The predicted octanol–water partition coefficient (Wildman–Crippen LogP) is 1.76. The number of piperazine rings is 1. The second kappa shape index (κ2) is 9.61. The molecule has 0 saturated carbocycles. The van der Waals surface area contributed by atoms with Crippen LogP contribution in [0.3, 0.4) is 0 Å². The Hall–Kier alpha value is -2.63. The van der Waals surface area contributed by atoms with Crippen LogP contribution < -0.4 is 5.32 Å². The predicted molar refractivity (Wildman–Crippen MR) is 94.5 cm³/mol. The molecular formula is C19H24N2O4. The maximum absolute atomic E-state index is 12.5. The fourth-order valence-corrected chi connectivity index (χ4v) is 2.56. The second-order valence-electron chi connectivity index (χ2n) is 5.86. The summed E-state index contributed by atoms with van der Waals surface area (Å²) < 4.78 is 5.12. The molecule has 1 unspecified atom stereocenters. The Bertz CT molecular complexity index is 628. The summed E-state index contributed by atoms with van der Waals surface area (Å²) in [7, 11) is 0. The SMILES string of the molecule is CCCCOC(=O)CC1C(=O)NCCN1C(=O)C=Cc1ccccc1. The van der Waals surface area contributed by atoms with Crippen LogP contribution in [0.4, 0.5) is 0 Å². The molecule has 1 fully saturated rings. The minimum absolute atomic E-state index is 0.125. The lowest BCUT2D eigenvalue weighted by Crippen LogP contribution is -2.57. The first-order valence-corrected chi connectivity index (χ1v) is 8.59. The van der Waals surface area contributed by atoms with E-state index in [9.17, 15) is 14.4 Å². The highest BCUT2D eigenvalue weighted by Crippen LogP contribution is 2.12. The van der Waals surface area contributed by atoms with Crippen molar-refractivity contribution in [1.82, 2.24) is 10.2 Å². The van der Waals surface area contributed by atoms with E-state index in [0.717, 1.165) is 18.4 Å². The maximum Gasteiger partial charge on any atom is 0.308 e. The van der Waals surface area contributed by atoms with E-state index in [4.69, 9.17) is 4.74 Å². The van der Waals surface area contributed by atoms with Crippen molar-refractivity contribution in [3.63, 3.8) is 0 Å². The highest BCUT2D eigenvalue weighted by molar-refractivity contribution is 5.97. The summed E-state index contributed by atoms with van der Waals surface area (Å²) in [5, 5.41) is 2.70. The third-order valence-corrected chi connectivity index (χ3v) is 3.95. The molecule has 134 valence electrons. The number of amides is 2. The summed E-state index contributed by atoms with van der Waals surface area (Å²) in [5.41, 5.74) is 0.896. The fourth-order valence-electron chi connectivity index (χ4n) is 2.56. The molecule has 2 amide bonds. The topological polar surface area (TPSA) is 75.7 Å². The molecule has 2 rings (SSSR count). The first-order valence-electron chi connectivity index (χ1n) is 8.59. The minimum Gasteiger partial charge on any atom is -0.466 e. The molecule has 1 aliphatic heterocycles. The molecule has 1 heterocycles. The largest absolute Gasteiger partial charge is 0.466 e. The Labute approximate surface area is 147 Å². The zero-order chi connectivity index (χ0) is 18.1. The fraction of sp³-hybridized carbons (Fsp3) is 0.421. The van der Waals surface area contributed by atoms with Gasteiger partial charge in [-0.1, -0.05) is 43.7 Å². The molecule has 0 aromatic heterocycles. The molecule has 1 aliphatic rings. The molecule has 6 heteroatoms. The first kappa shape index (κ1) is 18.7. The average Bonchev–Trinajstić information content (AvgIpc) is 2.62. The van der Waals surface area contributed by atoms with Crippen molar-refractivity contribution in [2.45, 2.75) is 32.2 Å². The summed E-state index contributed by atoms with van der Waals surface area (Å²) in [5.74, 6) is -1.06. The highest BCUT2D eigenvalue weighted by Gasteiger charge is 2.34. The van der Waals surface area contributed by atoms with Crippen molar-refractivity contribution < 1.29 is 19.1 Å². The zero-order valence-electron chi connectivity index (χ0n) is 14.4. The van der Waals surface area contributed by atoms with Crippen LogP contribution >= 0.6 is 0 Å². The van der Waals surface area contributed by atoms with E-state index in [1.165, 1.54) is 11.0 Å². The van der Waals surface area contributed by atoms with Crippen LogP contribution in [0, 0.1) is 0 Å². The Morgan fingerprint density at radius 1 is 1.32 bits per heavy atom. The quantitative estimate of drug-likeness (QED) is 0.465. The molecule has 0 spiro atoms. The highest BCUT2D eigenvalue weighted by atomic mass is 16.5. The van der Waals surface area contributed by atoms with Gasteiger partial charge in [0.15, 0.2) is 0 Å². The van der Waals surface area contributed by atoms with Crippen LogP contribution in [0.25, 0.3) is 6.08 Å². The van der Waals surface area contributed by atoms with Crippen LogP contribution in [0.5, 0.6) is 0 Å². The Morgan fingerprint density at radius 2 is 2.08 bits per heavy atom. The number of carbonyl (C=O) groups excluding carboxylic acids is 3. The van der Waals surface area contributed by atoms with Crippen LogP contribution in [-0.4, -0.2) is 48.4 Å². The van der Waals surface area contributed by atoms with E-state index in [-0.39, 0.29) is 18.2 Å². The van der Waals surface area contributed by atoms with Gasteiger partial charge in [0.1, 0.15) is 6.04 Å². The monoisotopic (exact) mass is 344 g/mol. The summed E-state index contributed by atoms with van der Waals surface area (Å²) in [4.78, 5) is 37.9. The van der Waals surface area contributed by atoms with E-state index in [1.807, 2.05) is 37.3 Å².